The highest BCUT2D eigenvalue weighted by atomic mass is 16.7. The van der Waals surface area contributed by atoms with Crippen LogP contribution < -0.4 is 0 Å². The fourth-order valence-corrected chi connectivity index (χ4v) is 7.45. The van der Waals surface area contributed by atoms with Gasteiger partial charge in [-0.2, -0.15) is 0 Å². The molecule has 6 atom stereocenters. The number of ketones is 1. The van der Waals surface area contributed by atoms with Crippen molar-refractivity contribution in [3.05, 3.63) is 11.6 Å². The van der Waals surface area contributed by atoms with Crippen LogP contribution in [0.15, 0.2) is 11.6 Å². The molecule has 0 aliphatic heterocycles. The van der Waals surface area contributed by atoms with E-state index in [1.807, 2.05) is 13.0 Å². The van der Waals surface area contributed by atoms with Crippen LogP contribution in [-0.4, -0.2) is 43.1 Å². The Morgan fingerprint density at radius 3 is 2.30 bits per heavy atom. The van der Waals surface area contributed by atoms with Gasteiger partial charge in [0.1, 0.15) is 0 Å². The summed E-state index contributed by atoms with van der Waals surface area (Å²) in [5.41, 5.74) is 0.865. The molecule has 0 bridgehead atoms. The predicted molar refractivity (Wildman–Crippen MR) is 96.8 cm³/mol. The van der Waals surface area contributed by atoms with Crippen molar-refractivity contribution in [3.8, 4) is 0 Å². The lowest BCUT2D eigenvalue weighted by atomic mass is 9.46. The van der Waals surface area contributed by atoms with Crippen molar-refractivity contribution in [2.45, 2.75) is 77.0 Å². The van der Waals surface area contributed by atoms with Gasteiger partial charge < -0.3 is 25.5 Å². The van der Waals surface area contributed by atoms with Crippen LogP contribution in [0.1, 0.15) is 65.2 Å². The van der Waals surface area contributed by atoms with Crippen LogP contribution in [0.5, 0.6) is 0 Å². The van der Waals surface area contributed by atoms with Gasteiger partial charge in [0.2, 0.25) is 0 Å². The average Bonchev–Trinajstić information content (AvgIpc) is 2.92. The van der Waals surface area contributed by atoms with Gasteiger partial charge in [-0.3, -0.25) is 4.79 Å². The minimum absolute atomic E-state index is 0.0421. The molecule has 27 heavy (non-hydrogen) atoms. The fraction of sp³-hybridized carbons (Fsp3) is 0.857. The SMILES string of the molecule is C[C@]12CC[C@H]3[C@@H](CCC4=CC(=O)CC[C@@]43C)[C@@H]1CC[C@@H]2C(O)(O)C(O)(O)O. The van der Waals surface area contributed by atoms with Crippen molar-refractivity contribution in [1.29, 1.82) is 0 Å². The van der Waals surface area contributed by atoms with Gasteiger partial charge in [0.15, 0.2) is 5.78 Å². The van der Waals surface area contributed by atoms with Gasteiger partial charge in [0.25, 0.3) is 5.79 Å². The number of fused-ring (bicyclic) bond motifs is 5. The predicted octanol–water partition coefficient (Wildman–Crippen LogP) is 1.45. The highest BCUT2D eigenvalue weighted by Crippen LogP contribution is 2.68. The lowest BCUT2D eigenvalue weighted by Crippen LogP contribution is -2.63. The van der Waals surface area contributed by atoms with Gasteiger partial charge in [0, 0.05) is 12.3 Å². The van der Waals surface area contributed by atoms with Crippen molar-refractivity contribution in [1.82, 2.24) is 0 Å². The van der Waals surface area contributed by atoms with Gasteiger partial charge >= 0.3 is 5.97 Å². The summed E-state index contributed by atoms with van der Waals surface area (Å²) in [6.45, 7) is 4.30. The number of carbonyl (C=O) groups excluding carboxylic acids is 1. The average molecular weight is 380 g/mol. The van der Waals surface area contributed by atoms with E-state index in [2.05, 4.69) is 6.92 Å². The zero-order chi connectivity index (χ0) is 19.8. The third-order valence-corrected chi connectivity index (χ3v) is 8.94. The maximum Gasteiger partial charge on any atom is 0.333 e. The van der Waals surface area contributed by atoms with Gasteiger partial charge in [0.05, 0.1) is 0 Å². The molecule has 0 amide bonds. The highest BCUT2D eigenvalue weighted by Gasteiger charge is 2.66. The molecular formula is C21H32O6. The molecule has 4 aliphatic carbocycles. The second kappa shape index (κ2) is 5.86. The first-order chi connectivity index (χ1) is 12.4. The minimum atomic E-state index is -3.54. The van der Waals surface area contributed by atoms with E-state index in [1.165, 1.54) is 5.57 Å². The third kappa shape index (κ3) is 2.60. The molecule has 0 aromatic rings. The maximum absolute atomic E-state index is 11.9. The van der Waals surface area contributed by atoms with E-state index in [1.54, 1.807) is 0 Å². The van der Waals surface area contributed by atoms with Gasteiger partial charge in [-0.25, -0.2) is 0 Å². The lowest BCUT2D eigenvalue weighted by Gasteiger charge is -2.59. The Labute approximate surface area is 159 Å². The highest BCUT2D eigenvalue weighted by molar-refractivity contribution is 5.91. The quantitative estimate of drug-likeness (QED) is 0.463. The van der Waals surface area contributed by atoms with E-state index >= 15 is 0 Å². The number of carbonyl (C=O) groups is 1. The minimum Gasteiger partial charge on any atom is -0.359 e. The van der Waals surface area contributed by atoms with E-state index in [-0.39, 0.29) is 17.1 Å². The number of hydrogen-bond donors (Lipinski definition) is 5. The Hall–Kier alpha value is -0.790. The number of allylic oxidation sites excluding steroid dienone is 1. The summed E-state index contributed by atoms with van der Waals surface area (Å²) >= 11 is 0. The number of hydrogen-bond acceptors (Lipinski definition) is 6. The Morgan fingerprint density at radius 2 is 1.63 bits per heavy atom. The molecular weight excluding hydrogens is 348 g/mol. The zero-order valence-electron chi connectivity index (χ0n) is 16.2. The molecule has 4 rings (SSSR count). The van der Waals surface area contributed by atoms with Gasteiger partial charge in [-0.05, 0) is 79.6 Å². The standard InChI is InChI=1S/C21H32O6/c1-18-9-7-13(22)11-12(18)3-4-14-15-5-6-17(20(23,24)21(25,26)27)19(15,2)10-8-16(14)18/h11,14-17,23-27H,3-10H2,1-2H3/t14-,15-,16-,17-,18-,19-/m0/s1. The summed E-state index contributed by atoms with van der Waals surface area (Å²) in [6, 6.07) is 0. The maximum atomic E-state index is 11.9. The van der Waals surface area contributed by atoms with Gasteiger partial charge in [-0.1, -0.05) is 19.4 Å². The van der Waals surface area contributed by atoms with Crippen molar-refractivity contribution in [2.75, 3.05) is 0 Å². The first-order valence-electron chi connectivity index (χ1n) is 10.3. The Kier molecular flexibility index (Phi) is 4.24. The molecule has 0 radical (unpaired) electrons. The van der Waals surface area contributed by atoms with Crippen molar-refractivity contribution in [3.63, 3.8) is 0 Å². The smallest absolute Gasteiger partial charge is 0.333 e. The molecule has 6 nitrogen and oxygen atoms in total. The van der Waals surface area contributed by atoms with E-state index in [0.29, 0.717) is 24.7 Å². The van der Waals surface area contributed by atoms with Crippen molar-refractivity contribution in [2.24, 2.45) is 34.5 Å². The lowest BCUT2D eigenvalue weighted by molar-refractivity contribution is -0.466. The molecule has 0 aromatic carbocycles. The molecule has 152 valence electrons. The van der Waals surface area contributed by atoms with Crippen LogP contribution >= 0.6 is 0 Å². The summed E-state index contributed by atoms with van der Waals surface area (Å²) in [6.07, 6.45) is 8.16. The molecule has 0 heterocycles. The summed E-state index contributed by atoms with van der Waals surface area (Å²) in [5, 5.41) is 49.4. The largest absolute Gasteiger partial charge is 0.359 e. The summed E-state index contributed by atoms with van der Waals surface area (Å²) < 4.78 is 0. The second-order valence-corrected chi connectivity index (χ2v) is 10.0. The van der Waals surface area contributed by atoms with Crippen molar-refractivity contribution < 1.29 is 30.3 Å². The molecule has 3 saturated carbocycles. The Balaban J connectivity index is 1.65. The fourth-order valence-electron chi connectivity index (χ4n) is 7.45. The van der Waals surface area contributed by atoms with Crippen LogP contribution in [0.4, 0.5) is 0 Å². The normalized spacial score (nSPS) is 45.0. The monoisotopic (exact) mass is 380 g/mol. The molecule has 0 saturated heterocycles. The first kappa shape index (κ1) is 19.5. The number of aliphatic hydroxyl groups is 5. The molecule has 4 aliphatic rings. The Bertz CT molecular complexity index is 677. The topological polar surface area (TPSA) is 118 Å². The summed E-state index contributed by atoms with van der Waals surface area (Å²) in [4.78, 5) is 11.9. The summed E-state index contributed by atoms with van der Waals surface area (Å²) in [7, 11) is 0. The van der Waals surface area contributed by atoms with Crippen LogP contribution in [0.2, 0.25) is 0 Å². The van der Waals surface area contributed by atoms with E-state index in [4.69, 9.17) is 0 Å². The second-order valence-electron chi connectivity index (χ2n) is 10.0. The molecule has 6 heteroatoms. The van der Waals surface area contributed by atoms with Crippen LogP contribution in [0, 0.1) is 34.5 Å². The molecule has 3 fully saturated rings. The summed E-state index contributed by atoms with van der Waals surface area (Å²) in [5.74, 6) is -5.92. The van der Waals surface area contributed by atoms with E-state index in [9.17, 15) is 30.3 Å². The number of rotatable bonds is 2. The zero-order valence-corrected chi connectivity index (χ0v) is 16.2. The van der Waals surface area contributed by atoms with Crippen LogP contribution in [0.25, 0.3) is 0 Å². The van der Waals surface area contributed by atoms with Crippen molar-refractivity contribution >= 4 is 5.78 Å². The van der Waals surface area contributed by atoms with E-state index in [0.717, 1.165) is 38.5 Å². The van der Waals surface area contributed by atoms with Gasteiger partial charge in [-0.15, -0.1) is 0 Å². The molecule has 0 unspecified atom stereocenters. The van der Waals surface area contributed by atoms with E-state index < -0.39 is 23.1 Å². The Morgan fingerprint density at radius 1 is 0.926 bits per heavy atom. The van der Waals surface area contributed by atoms with Crippen LogP contribution in [0.3, 0.4) is 0 Å². The molecule has 0 aromatic heterocycles. The molecule has 0 spiro atoms. The first-order valence-corrected chi connectivity index (χ1v) is 10.3. The van der Waals surface area contributed by atoms with Crippen LogP contribution in [-0.2, 0) is 4.79 Å². The third-order valence-electron chi connectivity index (χ3n) is 8.94. The molecule has 5 N–H and O–H groups in total.